The van der Waals surface area contributed by atoms with Gasteiger partial charge in [0, 0.05) is 0 Å². The van der Waals surface area contributed by atoms with Crippen LogP contribution in [0.4, 0.5) is 0 Å². The fourth-order valence-electron chi connectivity index (χ4n) is 3.88. The second kappa shape index (κ2) is 5.18. The molecular formula is C21H22. The van der Waals surface area contributed by atoms with Crippen LogP contribution < -0.4 is 0 Å². The van der Waals surface area contributed by atoms with Crippen molar-refractivity contribution in [2.24, 2.45) is 0 Å². The highest BCUT2D eigenvalue weighted by molar-refractivity contribution is 6.09. The lowest BCUT2D eigenvalue weighted by molar-refractivity contribution is 0.690. The maximum absolute atomic E-state index is 2.41. The molecule has 0 heteroatoms. The van der Waals surface area contributed by atoms with Gasteiger partial charge in [0.2, 0.25) is 0 Å². The maximum Gasteiger partial charge on any atom is -0.0102 e. The van der Waals surface area contributed by atoms with Crippen LogP contribution in [0.15, 0.2) is 42.5 Å². The lowest BCUT2D eigenvalue weighted by Crippen LogP contribution is -2.03. The SMILES string of the molecule is CCCc1ccc2ccc3c4c(ccc3c2c1)CCCC4. The Morgan fingerprint density at radius 2 is 1.62 bits per heavy atom. The summed E-state index contributed by atoms with van der Waals surface area (Å²) < 4.78 is 0. The van der Waals surface area contributed by atoms with E-state index in [0.717, 1.165) is 0 Å². The third-order valence-electron chi connectivity index (χ3n) is 4.95. The maximum atomic E-state index is 2.41. The minimum Gasteiger partial charge on any atom is -0.0651 e. The zero-order valence-electron chi connectivity index (χ0n) is 12.8. The molecule has 0 fully saturated rings. The highest BCUT2D eigenvalue weighted by Gasteiger charge is 2.13. The topological polar surface area (TPSA) is 0 Å². The summed E-state index contributed by atoms with van der Waals surface area (Å²) in [5, 5.41) is 5.75. The molecule has 0 saturated heterocycles. The predicted molar refractivity (Wildman–Crippen MR) is 92.1 cm³/mol. The fraction of sp³-hybridized carbons (Fsp3) is 0.333. The van der Waals surface area contributed by atoms with Gasteiger partial charge in [0.25, 0.3) is 0 Å². The highest BCUT2D eigenvalue weighted by atomic mass is 14.2. The monoisotopic (exact) mass is 274 g/mol. The van der Waals surface area contributed by atoms with Crippen LogP contribution in [0.5, 0.6) is 0 Å². The predicted octanol–water partition coefficient (Wildman–Crippen LogP) is 5.82. The molecule has 0 spiro atoms. The van der Waals surface area contributed by atoms with Gasteiger partial charge in [0.05, 0.1) is 0 Å². The number of hydrogen-bond acceptors (Lipinski definition) is 0. The van der Waals surface area contributed by atoms with Gasteiger partial charge >= 0.3 is 0 Å². The Balaban J connectivity index is 2.01. The lowest BCUT2D eigenvalue weighted by atomic mass is 9.86. The highest BCUT2D eigenvalue weighted by Crippen LogP contribution is 2.33. The van der Waals surface area contributed by atoms with Crippen LogP contribution in [0.3, 0.4) is 0 Å². The molecule has 0 nitrogen and oxygen atoms in total. The van der Waals surface area contributed by atoms with Crippen molar-refractivity contribution < 1.29 is 0 Å². The summed E-state index contributed by atoms with van der Waals surface area (Å²) in [6.45, 7) is 2.25. The summed E-state index contributed by atoms with van der Waals surface area (Å²) in [6.07, 6.45) is 7.61. The van der Waals surface area contributed by atoms with E-state index in [0.29, 0.717) is 0 Å². The normalized spacial score (nSPS) is 14.5. The average Bonchev–Trinajstić information content (AvgIpc) is 2.54. The standard InChI is InChI=1S/C21H22/c1-2-5-15-8-9-17-11-12-19-18-7-4-3-6-16(18)10-13-20(19)21(17)14-15/h8-14H,2-7H2,1H3. The largest absolute Gasteiger partial charge is 0.0651 e. The molecule has 0 radical (unpaired) electrons. The molecule has 4 rings (SSSR count). The van der Waals surface area contributed by atoms with Crippen molar-refractivity contribution in [2.45, 2.75) is 45.4 Å². The molecule has 21 heavy (non-hydrogen) atoms. The number of hydrogen-bond donors (Lipinski definition) is 0. The van der Waals surface area contributed by atoms with E-state index >= 15 is 0 Å². The minimum absolute atomic E-state index is 1.18. The van der Waals surface area contributed by atoms with Gasteiger partial charge in [0.15, 0.2) is 0 Å². The van der Waals surface area contributed by atoms with Gasteiger partial charge in [-0.05, 0) is 70.3 Å². The number of rotatable bonds is 2. The van der Waals surface area contributed by atoms with Crippen molar-refractivity contribution in [3.8, 4) is 0 Å². The first-order valence-electron chi connectivity index (χ1n) is 8.33. The number of benzene rings is 3. The van der Waals surface area contributed by atoms with Crippen LogP contribution in [-0.2, 0) is 19.3 Å². The van der Waals surface area contributed by atoms with E-state index < -0.39 is 0 Å². The van der Waals surface area contributed by atoms with Gasteiger partial charge in [0.1, 0.15) is 0 Å². The second-order valence-corrected chi connectivity index (χ2v) is 6.38. The van der Waals surface area contributed by atoms with Gasteiger partial charge in [-0.15, -0.1) is 0 Å². The molecular weight excluding hydrogens is 252 g/mol. The Bertz CT molecular complexity index is 811. The molecule has 0 amide bonds. The Kier molecular flexibility index (Phi) is 3.18. The van der Waals surface area contributed by atoms with Crippen molar-refractivity contribution in [1.29, 1.82) is 0 Å². The lowest BCUT2D eigenvalue weighted by Gasteiger charge is -2.19. The number of aryl methyl sites for hydroxylation is 3. The molecule has 0 unspecified atom stereocenters. The number of fused-ring (bicyclic) bond motifs is 5. The molecule has 0 atom stereocenters. The van der Waals surface area contributed by atoms with Crippen molar-refractivity contribution in [2.75, 3.05) is 0 Å². The molecule has 1 aliphatic rings. The van der Waals surface area contributed by atoms with Crippen LogP contribution in [0.1, 0.15) is 42.9 Å². The van der Waals surface area contributed by atoms with Crippen molar-refractivity contribution in [3.05, 3.63) is 59.2 Å². The van der Waals surface area contributed by atoms with E-state index in [1.54, 1.807) is 11.1 Å². The molecule has 0 aromatic heterocycles. The van der Waals surface area contributed by atoms with E-state index in [2.05, 4.69) is 49.4 Å². The molecule has 106 valence electrons. The van der Waals surface area contributed by atoms with Crippen molar-refractivity contribution in [1.82, 2.24) is 0 Å². The Morgan fingerprint density at radius 3 is 2.52 bits per heavy atom. The summed E-state index contributed by atoms with van der Waals surface area (Å²) in [4.78, 5) is 0. The van der Waals surface area contributed by atoms with Gasteiger partial charge in [-0.3, -0.25) is 0 Å². The zero-order chi connectivity index (χ0) is 14.2. The summed E-state index contributed by atoms with van der Waals surface area (Å²) in [7, 11) is 0. The average molecular weight is 274 g/mol. The molecule has 0 N–H and O–H groups in total. The van der Waals surface area contributed by atoms with Crippen LogP contribution >= 0.6 is 0 Å². The molecule has 0 heterocycles. The third kappa shape index (κ3) is 2.14. The Hall–Kier alpha value is -1.82. The molecule has 1 aliphatic carbocycles. The molecule has 0 aliphatic heterocycles. The van der Waals surface area contributed by atoms with Crippen LogP contribution in [0.2, 0.25) is 0 Å². The van der Waals surface area contributed by atoms with Crippen molar-refractivity contribution >= 4 is 21.5 Å². The third-order valence-corrected chi connectivity index (χ3v) is 4.95. The smallest absolute Gasteiger partial charge is 0.0102 e. The minimum atomic E-state index is 1.18. The first-order chi connectivity index (χ1) is 10.4. The van der Waals surface area contributed by atoms with E-state index in [1.807, 2.05) is 0 Å². The molecule has 3 aromatic carbocycles. The van der Waals surface area contributed by atoms with E-state index in [9.17, 15) is 0 Å². The molecule has 3 aromatic rings. The molecule has 0 saturated carbocycles. The first kappa shape index (κ1) is 12.9. The van der Waals surface area contributed by atoms with E-state index in [-0.39, 0.29) is 0 Å². The summed E-state index contributed by atoms with van der Waals surface area (Å²) in [5.41, 5.74) is 4.66. The van der Waals surface area contributed by atoms with Crippen LogP contribution in [-0.4, -0.2) is 0 Å². The zero-order valence-corrected chi connectivity index (χ0v) is 12.8. The van der Waals surface area contributed by atoms with Gasteiger partial charge < -0.3 is 0 Å². The van der Waals surface area contributed by atoms with E-state index in [1.165, 1.54) is 65.6 Å². The summed E-state index contributed by atoms with van der Waals surface area (Å²) in [6, 6.07) is 16.4. The van der Waals surface area contributed by atoms with Crippen LogP contribution in [0, 0.1) is 0 Å². The van der Waals surface area contributed by atoms with Crippen LogP contribution in [0.25, 0.3) is 21.5 Å². The molecule has 0 bridgehead atoms. The van der Waals surface area contributed by atoms with Gasteiger partial charge in [-0.25, -0.2) is 0 Å². The quantitative estimate of drug-likeness (QED) is 0.516. The first-order valence-corrected chi connectivity index (χ1v) is 8.33. The summed E-state index contributed by atoms with van der Waals surface area (Å²) >= 11 is 0. The fourth-order valence-corrected chi connectivity index (χ4v) is 3.88. The summed E-state index contributed by atoms with van der Waals surface area (Å²) in [5.74, 6) is 0. The van der Waals surface area contributed by atoms with Gasteiger partial charge in [-0.2, -0.15) is 0 Å². The van der Waals surface area contributed by atoms with Gasteiger partial charge in [-0.1, -0.05) is 55.8 Å². The van der Waals surface area contributed by atoms with E-state index in [4.69, 9.17) is 0 Å². The van der Waals surface area contributed by atoms with Crippen molar-refractivity contribution in [3.63, 3.8) is 0 Å². The second-order valence-electron chi connectivity index (χ2n) is 6.38. The Labute approximate surface area is 126 Å². The Morgan fingerprint density at radius 1 is 0.810 bits per heavy atom.